The van der Waals surface area contributed by atoms with Crippen molar-refractivity contribution in [3.8, 4) is 11.1 Å². The predicted molar refractivity (Wildman–Crippen MR) is 103 cm³/mol. The second-order valence-electron chi connectivity index (χ2n) is 6.72. The van der Waals surface area contributed by atoms with Gasteiger partial charge in [-0.05, 0) is 28.7 Å². The van der Waals surface area contributed by atoms with E-state index >= 15 is 0 Å². The van der Waals surface area contributed by atoms with Crippen LogP contribution in [0.25, 0.3) is 11.1 Å². The first-order chi connectivity index (χ1) is 13.0. The fraction of sp³-hybridized carbons (Fsp3) is 0.318. The van der Waals surface area contributed by atoms with Crippen LogP contribution >= 0.6 is 0 Å². The summed E-state index contributed by atoms with van der Waals surface area (Å²) in [7, 11) is 0. The van der Waals surface area contributed by atoms with Crippen LogP contribution in [0.3, 0.4) is 0 Å². The summed E-state index contributed by atoms with van der Waals surface area (Å²) in [5, 5.41) is 2.72. The summed E-state index contributed by atoms with van der Waals surface area (Å²) in [4.78, 5) is 35.1. The van der Waals surface area contributed by atoms with Gasteiger partial charge in [0, 0.05) is 38.3 Å². The molecule has 0 bridgehead atoms. The molecule has 3 rings (SSSR count). The number of amides is 1. The quantitative estimate of drug-likeness (QED) is 0.463. The van der Waals surface area contributed by atoms with Gasteiger partial charge in [-0.2, -0.15) is 0 Å². The van der Waals surface area contributed by atoms with Gasteiger partial charge in [0.25, 0.3) is 0 Å². The SMILES string of the molecule is CC(=O)NCCCC(=O)c1cccc2c1-c1ccccc1C2COC(C)=O. The third-order valence-corrected chi connectivity index (χ3v) is 4.79. The highest BCUT2D eigenvalue weighted by Gasteiger charge is 2.32. The molecule has 2 aromatic rings. The van der Waals surface area contributed by atoms with Gasteiger partial charge in [-0.1, -0.05) is 42.5 Å². The Bertz CT molecular complexity index is 888. The van der Waals surface area contributed by atoms with Crippen molar-refractivity contribution in [3.05, 3.63) is 59.2 Å². The molecule has 1 aliphatic carbocycles. The average molecular weight is 365 g/mol. The lowest BCUT2D eigenvalue weighted by atomic mass is 9.93. The average Bonchev–Trinajstić information content (AvgIpc) is 2.97. The number of rotatable bonds is 7. The number of ketones is 1. The van der Waals surface area contributed by atoms with Gasteiger partial charge >= 0.3 is 5.97 Å². The van der Waals surface area contributed by atoms with E-state index in [1.54, 1.807) is 0 Å². The van der Waals surface area contributed by atoms with Crippen LogP contribution in [0, 0.1) is 0 Å². The number of nitrogens with one attached hydrogen (secondary N) is 1. The summed E-state index contributed by atoms with van der Waals surface area (Å²) < 4.78 is 5.28. The summed E-state index contributed by atoms with van der Waals surface area (Å²) in [5.41, 5.74) is 4.75. The molecule has 0 heterocycles. The van der Waals surface area contributed by atoms with Crippen LogP contribution in [-0.4, -0.2) is 30.8 Å². The molecular formula is C22H23NO4. The predicted octanol–water partition coefficient (Wildman–Crippen LogP) is 3.46. The van der Waals surface area contributed by atoms with E-state index in [2.05, 4.69) is 5.32 Å². The summed E-state index contributed by atoms with van der Waals surface area (Å²) in [6.07, 6.45) is 0.966. The summed E-state index contributed by atoms with van der Waals surface area (Å²) in [6.45, 7) is 3.62. The van der Waals surface area contributed by atoms with Crippen molar-refractivity contribution in [1.82, 2.24) is 5.32 Å². The van der Waals surface area contributed by atoms with Crippen LogP contribution in [0.2, 0.25) is 0 Å². The molecule has 2 aromatic carbocycles. The highest BCUT2D eigenvalue weighted by atomic mass is 16.5. The van der Waals surface area contributed by atoms with E-state index in [0.717, 1.165) is 22.3 Å². The molecule has 1 atom stereocenters. The van der Waals surface area contributed by atoms with Crippen molar-refractivity contribution < 1.29 is 19.1 Å². The fourth-order valence-electron chi connectivity index (χ4n) is 3.62. The Morgan fingerprint density at radius 1 is 1.00 bits per heavy atom. The molecule has 5 nitrogen and oxygen atoms in total. The first kappa shape index (κ1) is 18.8. The largest absolute Gasteiger partial charge is 0.465 e. The standard InChI is InChI=1S/C22H23NO4/c1-14(24)23-12-6-11-21(26)19-10-5-9-18-20(13-27-15(2)25)16-7-3-4-8-17(16)22(18)19/h3-5,7-10,20H,6,11-13H2,1-2H3,(H,23,24). The van der Waals surface area contributed by atoms with E-state index in [1.165, 1.54) is 13.8 Å². The molecule has 0 aromatic heterocycles. The van der Waals surface area contributed by atoms with Gasteiger partial charge < -0.3 is 10.1 Å². The molecule has 1 unspecified atom stereocenters. The van der Waals surface area contributed by atoms with E-state index in [0.29, 0.717) is 24.9 Å². The Kier molecular flexibility index (Phi) is 5.69. The summed E-state index contributed by atoms with van der Waals surface area (Å²) >= 11 is 0. The van der Waals surface area contributed by atoms with Crippen molar-refractivity contribution in [1.29, 1.82) is 0 Å². The summed E-state index contributed by atoms with van der Waals surface area (Å²) in [6, 6.07) is 13.7. The van der Waals surface area contributed by atoms with E-state index in [-0.39, 0.29) is 30.2 Å². The smallest absolute Gasteiger partial charge is 0.302 e. The molecular weight excluding hydrogens is 342 g/mol. The Balaban J connectivity index is 1.89. The molecule has 0 aliphatic heterocycles. The second-order valence-corrected chi connectivity index (χ2v) is 6.72. The zero-order chi connectivity index (χ0) is 19.4. The number of carbonyl (C=O) groups is 3. The Morgan fingerprint density at radius 3 is 2.48 bits per heavy atom. The minimum Gasteiger partial charge on any atom is -0.465 e. The molecule has 1 aliphatic rings. The van der Waals surface area contributed by atoms with Gasteiger partial charge in [-0.3, -0.25) is 14.4 Å². The van der Waals surface area contributed by atoms with Crippen molar-refractivity contribution >= 4 is 17.7 Å². The van der Waals surface area contributed by atoms with E-state index < -0.39 is 0 Å². The maximum absolute atomic E-state index is 12.8. The van der Waals surface area contributed by atoms with Gasteiger partial charge in [0.2, 0.25) is 5.91 Å². The van der Waals surface area contributed by atoms with Gasteiger partial charge in [-0.25, -0.2) is 0 Å². The number of hydrogen-bond donors (Lipinski definition) is 1. The molecule has 27 heavy (non-hydrogen) atoms. The minimum atomic E-state index is -0.314. The maximum atomic E-state index is 12.8. The number of carbonyl (C=O) groups excluding carboxylic acids is 3. The third-order valence-electron chi connectivity index (χ3n) is 4.79. The number of esters is 1. The molecule has 0 spiro atoms. The number of ether oxygens (including phenoxy) is 1. The number of fused-ring (bicyclic) bond motifs is 3. The van der Waals surface area contributed by atoms with E-state index in [1.807, 2.05) is 42.5 Å². The number of benzene rings is 2. The van der Waals surface area contributed by atoms with Crippen molar-refractivity contribution in [2.45, 2.75) is 32.6 Å². The first-order valence-corrected chi connectivity index (χ1v) is 9.12. The fourth-order valence-corrected chi connectivity index (χ4v) is 3.62. The van der Waals surface area contributed by atoms with E-state index in [4.69, 9.17) is 4.74 Å². The Hall–Kier alpha value is -2.95. The van der Waals surface area contributed by atoms with Gasteiger partial charge in [0.1, 0.15) is 6.61 Å². The van der Waals surface area contributed by atoms with Gasteiger partial charge in [0.15, 0.2) is 5.78 Å². The lowest BCUT2D eigenvalue weighted by molar-refractivity contribution is -0.141. The molecule has 0 saturated carbocycles. The van der Waals surface area contributed by atoms with Crippen molar-refractivity contribution in [2.24, 2.45) is 0 Å². The number of hydrogen-bond acceptors (Lipinski definition) is 4. The van der Waals surface area contributed by atoms with Crippen LogP contribution in [0.5, 0.6) is 0 Å². The lowest BCUT2D eigenvalue weighted by Crippen LogP contribution is -2.21. The molecule has 1 N–H and O–H groups in total. The first-order valence-electron chi connectivity index (χ1n) is 9.12. The molecule has 0 fully saturated rings. The maximum Gasteiger partial charge on any atom is 0.302 e. The molecule has 0 saturated heterocycles. The monoisotopic (exact) mass is 365 g/mol. The zero-order valence-corrected chi connectivity index (χ0v) is 15.6. The number of Topliss-reactive ketones (excluding diaryl/α,β-unsaturated/α-hetero) is 1. The Morgan fingerprint density at radius 2 is 1.74 bits per heavy atom. The van der Waals surface area contributed by atoms with Crippen LogP contribution in [0.15, 0.2) is 42.5 Å². The molecule has 1 amide bonds. The second kappa shape index (κ2) is 8.16. The van der Waals surface area contributed by atoms with Crippen molar-refractivity contribution in [2.75, 3.05) is 13.2 Å². The van der Waals surface area contributed by atoms with Crippen LogP contribution in [0.1, 0.15) is 54.1 Å². The normalized spacial score (nSPS) is 14.2. The zero-order valence-electron chi connectivity index (χ0n) is 15.6. The van der Waals surface area contributed by atoms with Crippen molar-refractivity contribution in [3.63, 3.8) is 0 Å². The molecule has 5 heteroatoms. The lowest BCUT2D eigenvalue weighted by Gasteiger charge is -2.14. The highest BCUT2D eigenvalue weighted by Crippen LogP contribution is 2.46. The minimum absolute atomic E-state index is 0.0557. The highest BCUT2D eigenvalue weighted by molar-refractivity contribution is 6.04. The van der Waals surface area contributed by atoms with Gasteiger partial charge in [0.05, 0.1) is 0 Å². The third kappa shape index (κ3) is 4.08. The van der Waals surface area contributed by atoms with Gasteiger partial charge in [-0.15, -0.1) is 0 Å². The Labute approximate surface area is 158 Å². The van der Waals surface area contributed by atoms with E-state index in [9.17, 15) is 14.4 Å². The van der Waals surface area contributed by atoms with Crippen LogP contribution in [-0.2, 0) is 14.3 Å². The summed E-state index contributed by atoms with van der Waals surface area (Å²) in [5.74, 6) is -0.413. The molecule has 0 radical (unpaired) electrons. The topological polar surface area (TPSA) is 72.5 Å². The van der Waals surface area contributed by atoms with Crippen LogP contribution in [0.4, 0.5) is 0 Å². The van der Waals surface area contributed by atoms with Crippen LogP contribution < -0.4 is 5.32 Å². The molecule has 140 valence electrons.